The van der Waals surface area contributed by atoms with Gasteiger partial charge >= 0.3 is 0 Å². The topological polar surface area (TPSA) is 90.9 Å². The zero-order valence-electron chi connectivity index (χ0n) is 11.7. The Morgan fingerprint density at radius 1 is 1.33 bits per heavy atom. The van der Waals surface area contributed by atoms with Gasteiger partial charge < -0.3 is 21.4 Å². The summed E-state index contributed by atoms with van der Waals surface area (Å²) in [5, 5.41) is 25.2. The standard InChI is InChI=1S/C13H27N3O2/c1-10(8-11(14)16-18)15-9-13(17)6-4-12(2,3)5-7-13/h10,15,17-18H,4-9H2,1-3H3,(H2,14,16). The molecular weight excluding hydrogens is 230 g/mol. The Morgan fingerprint density at radius 3 is 2.39 bits per heavy atom. The molecule has 0 radical (unpaired) electrons. The van der Waals surface area contributed by atoms with Crippen LogP contribution in [0.3, 0.4) is 0 Å². The van der Waals surface area contributed by atoms with Gasteiger partial charge in [-0.25, -0.2) is 0 Å². The number of hydrogen-bond acceptors (Lipinski definition) is 4. The first-order valence-corrected chi connectivity index (χ1v) is 6.69. The fourth-order valence-corrected chi connectivity index (χ4v) is 2.36. The molecule has 1 saturated carbocycles. The number of nitrogens with one attached hydrogen (secondary N) is 1. The van der Waals surface area contributed by atoms with Crippen molar-refractivity contribution in [1.29, 1.82) is 0 Å². The zero-order valence-corrected chi connectivity index (χ0v) is 11.7. The van der Waals surface area contributed by atoms with E-state index >= 15 is 0 Å². The molecular formula is C13H27N3O2. The van der Waals surface area contributed by atoms with Crippen molar-refractivity contribution in [2.45, 2.75) is 64.5 Å². The van der Waals surface area contributed by atoms with Crippen LogP contribution in [0.5, 0.6) is 0 Å². The van der Waals surface area contributed by atoms with E-state index in [9.17, 15) is 5.11 Å². The summed E-state index contributed by atoms with van der Waals surface area (Å²) in [6.07, 6.45) is 4.27. The van der Waals surface area contributed by atoms with E-state index in [0.29, 0.717) is 18.4 Å². The Kier molecular flexibility index (Phi) is 4.99. The normalized spacial score (nSPS) is 24.8. The van der Waals surface area contributed by atoms with Crippen LogP contribution in [0, 0.1) is 5.41 Å². The van der Waals surface area contributed by atoms with Crippen LogP contribution in [-0.2, 0) is 0 Å². The summed E-state index contributed by atoms with van der Waals surface area (Å²) in [4.78, 5) is 0. The Balaban J connectivity index is 2.35. The summed E-state index contributed by atoms with van der Waals surface area (Å²) < 4.78 is 0. The van der Waals surface area contributed by atoms with E-state index in [1.807, 2.05) is 6.92 Å². The molecule has 1 unspecified atom stereocenters. The molecule has 1 atom stereocenters. The van der Waals surface area contributed by atoms with Gasteiger partial charge in [-0.3, -0.25) is 0 Å². The summed E-state index contributed by atoms with van der Waals surface area (Å²) in [5.41, 5.74) is 5.20. The van der Waals surface area contributed by atoms with E-state index in [4.69, 9.17) is 10.9 Å². The second kappa shape index (κ2) is 5.89. The monoisotopic (exact) mass is 257 g/mol. The van der Waals surface area contributed by atoms with Gasteiger partial charge in [0.2, 0.25) is 0 Å². The summed E-state index contributed by atoms with van der Waals surface area (Å²) in [6.45, 7) is 7.04. The lowest BCUT2D eigenvalue weighted by molar-refractivity contribution is -0.0256. The number of aliphatic hydroxyl groups is 1. The Hall–Kier alpha value is -0.810. The average molecular weight is 257 g/mol. The van der Waals surface area contributed by atoms with Gasteiger partial charge in [-0.15, -0.1) is 0 Å². The molecule has 0 heterocycles. The number of rotatable bonds is 5. The molecule has 5 heteroatoms. The molecule has 18 heavy (non-hydrogen) atoms. The Labute approximate surface area is 109 Å². The molecule has 5 nitrogen and oxygen atoms in total. The molecule has 1 aliphatic carbocycles. The largest absolute Gasteiger partial charge is 0.409 e. The minimum Gasteiger partial charge on any atom is -0.409 e. The summed E-state index contributed by atoms with van der Waals surface area (Å²) in [7, 11) is 0. The van der Waals surface area contributed by atoms with Gasteiger partial charge in [-0.2, -0.15) is 0 Å². The molecule has 1 rings (SSSR count). The predicted octanol–water partition coefficient (Wildman–Crippen LogP) is 1.43. The number of hydrogen-bond donors (Lipinski definition) is 4. The summed E-state index contributed by atoms with van der Waals surface area (Å²) in [6, 6.07) is 0.0971. The van der Waals surface area contributed by atoms with Crippen molar-refractivity contribution in [3.63, 3.8) is 0 Å². The van der Waals surface area contributed by atoms with E-state index in [0.717, 1.165) is 25.7 Å². The summed E-state index contributed by atoms with van der Waals surface area (Å²) >= 11 is 0. The minimum absolute atomic E-state index is 0.0971. The number of oxime groups is 1. The van der Waals surface area contributed by atoms with Gasteiger partial charge in [0, 0.05) is 19.0 Å². The maximum atomic E-state index is 10.5. The van der Waals surface area contributed by atoms with Crippen LogP contribution in [0.1, 0.15) is 52.9 Å². The smallest absolute Gasteiger partial charge is 0.140 e. The fourth-order valence-electron chi connectivity index (χ4n) is 2.36. The van der Waals surface area contributed by atoms with Gasteiger partial charge in [-0.1, -0.05) is 19.0 Å². The molecule has 0 aromatic heterocycles. The lowest BCUT2D eigenvalue weighted by Gasteiger charge is -2.40. The van der Waals surface area contributed by atoms with Gasteiger partial charge in [0.05, 0.1) is 5.60 Å². The predicted molar refractivity (Wildman–Crippen MR) is 72.7 cm³/mol. The van der Waals surface area contributed by atoms with Gasteiger partial charge in [0.1, 0.15) is 5.84 Å². The van der Waals surface area contributed by atoms with Crippen LogP contribution in [0.2, 0.25) is 0 Å². The van der Waals surface area contributed by atoms with Crippen LogP contribution in [-0.4, -0.2) is 34.3 Å². The van der Waals surface area contributed by atoms with E-state index in [1.54, 1.807) is 0 Å². The Bertz CT molecular complexity index is 293. The van der Waals surface area contributed by atoms with Crippen molar-refractivity contribution >= 4 is 5.84 Å². The summed E-state index contributed by atoms with van der Waals surface area (Å²) in [5.74, 6) is 0.215. The van der Waals surface area contributed by atoms with Crippen LogP contribution < -0.4 is 11.1 Å². The van der Waals surface area contributed by atoms with Crippen LogP contribution in [0.4, 0.5) is 0 Å². The highest BCUT2D eigenvalue weighted by Gasteiger charge is 2.36. The SMILES string of the molecule is CC(CC(N)=NO)NCC1(O)CCC(C)(C)CC1. The maximum absolute atomic E-state index is 10.5. The molecule has 0 aromatic rings. The van der Waals surface area contributed by atoms with Gasteiger partial charge in [-0.05, 0) is 38.0 Å². The van der Waals surface area contributed by atoms with E-state index < -0.39 is 5.60 Å². The number of amidine groups is 1. The maximum Gasteiger partial charge on any atom is 0.140 e. The molecule has 0 amide bonds. The van der Waals surface area contributed by atoms with Gasteiger partial charge in [0.15, 0.2) is 0 Å². The van der Waals surface area contributed by atoms with Crippen molar-refractivity contribution in [2.24, 2.45) is 16.3 Å². The number of nitrogens with two attached hydrogens (primary N) is 1. The minimum atomic E-state index is -0.602. The van der Waals surface area contributed by atoms with Crippen LogP contribution in [0.15, 0.2) is 5.16 Å². The second-order valence-electron chi connectivity index (χ2n) is 6.47. The molecule has 0 bridgehead atoms. The highest BCUT2D eigenvalue weighted by Crippen LogP contribution is 2.39. The highest BCUT2D eigenvalue weighted by atomic mass is 16.4. The molecule has 1 fully saturated rings. The second-order valence-corrected chi connectivity index (χ2v) is 6.47. The van der Waals surface area contributed by atoms with E-state index in [2.05, 4.69) is 24.3 Å². The molecule has 0 aromatic carbocycles. The third-order valence-electron chi connectivity index (χ3n) is 3.96. The van der Waals surface area contributed by atoms with Crippen LogP contribution >= 0.6 is 0 Å². The average Bonchev–Trinajstić information content (AvgIpc) is 2.31. The molecule has 0 saturated heterocycles. The zero-order chi connectivity index (χ0) is 13.8. The van der Waals surface area contributed by atoms with Crippen LogP contribution in [0.25, 0.3) is 0 Å². The van der Waals surface area contributed by atoms with Crippen molar-refractivity contribution in [3.05, 3.63) is 0 Å². The molecule has 106 valence electrons. The fraction of sp³-hybridized carbons (Fsp3) is 0.923. The van der Waals surface area contributed by atoms with Crippen molar-refractivity contribution in [2.75, 3.05) is 6.54 Å². The molecule has 1 aliphatic rings. The molecule has 5 N–H and O–H groups in total. The van der Waals surface area contributed by atoms with E-state index in [-0.39, 0.29) is 11.9 Å². The first kappa shape index (κ1) is 15.2. The van der Waals surface area contributed by atoms with Crippen molar-refractivity contribution in [3.8, 4) is 0 Å². The Morgan fingerprint density at radius 2 is 1.89 bits per heavy atom. The number of nitrogens with zero attached hydrogens (tertiary/aromatic N) is 1. The first-order chi connectivity index (χ1) is 8.26. The molecule has 0 aliphatic heterocycles. The lowest BCUT2D eigenvalue weighted by atomic mass is 9.71. The highest BCUT2D eigenvalue weighted by molar-refractivity contribution is 5.80. The first-order valence-electron chi connectivity index (χ1n) is 6.69. The van der Waals surface area contributed by atoms with Crippen molar-refractivity contribution < 1.29 is 10.3 Å². The van der Waals surface area contributed by atoms with Crippen molar-refractivity contribution in [1.82, 2.24) is 5.32 Å². The van der Waals surface area contributed by atoms with Gasteiger partial charge in [0.25, 0.3) is 0 Å². The lowest BCUT2D eigenvalue weighted by Crippen LogP contribution is -2.47. The quantitative estimate of drug-likeness (QED) is 0.259. The molecule has 0 spiro atoms. The van der Waals surface area contributed by atoms with E-state index in [1.165, 1.54) is 0 Å². The third-order valence-corrected chi connectivity index (χ3v) is 3.96. The third kappa shape index (κ3) is 4.82.